The van der Waals surface area contributed by atoms with E-state index in [1.807, 2.05) is 12.1 Å². The Labute approximate surface area is 140 Å². The number of hydrogen-bond acceptors (Lipinski definition) is 5. The van der Waals surface area contributed by atoms with Crippen molar-refractivity contribution in [2.75, 3.05) is 17.2 Å². The Morgan fingerprint density at radius 1 is 1.18 bits per heavy atom. The molecule has 0 unspecified atom stereocenters. The van der Waals surface area contributed by atoms with E-state index in [0.717, 1.165) is 12.0 Å². The number of nitrogens with one attached hydrogen (secondary N) is 2. The van der Waals surface area contributed by atoms with Gasteiger partial charge in [0, 0.05) is 22.1 Å². The van der Waals surface area contributed by atoms with E-state index in [1.165, 1.54) is 0 Å². The molecule has 0 saturated carbocycles. The molecule has 1 aromatic carbocycles. The standard InChI is InChI=1S/C15H19Cl2N5/c1-15(2,3)21-13-9-19-22-14(20-13)18-7-6-10-4-5-11(16)8-12(10)17/h4-5,8-9H,6-7H2,1-3H3,(H2,18,20,21,22). The second-order valence-electron chi connectivity index (χ2n) is 5.95. The van der Waals surface area contributed by atoms with Gasteiger partial charge >= 0.3 is 0 Å². The Morgan fingerprint density at radius 2 is 1.95 bits per heavy atom. The number of anilines is 2. The van der Waals surface area contributed by atoms with Crippen LogP contribution in [0, 0.1) is 0 Å². The maximum Gasteiger partial charge on any atom is 0.244 e. The zero-order chi connectivity index (χ0) is 16.2. The zero-order valence-electron chi connectivity index (χ0n) is 12.8. The first-order chi connectivity index (χ1) is 10.3. The first-order valence-corrected chi connectivity index (χ1v) is 7.75. The van der Waals surface area contributed by atoms with Crippen LogP contribution >= 0.6 is 23.2 Å². The summed E-state index contributed by atoms with van der Waals surface area (Å²) in [6.07, 6.45) is 2.35. The Balaban J connectivity index is 1.93. The van der Waals surface area contributed by atoms with Gasteiger partial charge in [0.2, 0.25) is 5.95 Å². The van der Waals surface area contributed by atoms with Crippen molar-refractivity contribution in [3.63, 3.8) is 0 Å². The number of nitrogens with zero attached hydrogens (tertiary/aromatic N) is 3. The SMILES string of the molecule is CC(C)(C)Nc1cnnc(NCCc2ccc(Cl)cc2Cl)n1. The van der Waals surface area contributed by atoms with Crippen LogP contribution in [0.2, 0.25) is 10.0 Å². The molecule has 0 saturated heterocycles. The lowest BCUT2D eigenvalue weighted by atomic mass is 10.1. The van der Waals surface area contributed by atoms with E-state index in [1.54, 1.807) is 12.3 Å². The molecular formula is C15H19Cl2N5. The quantitative estimate of drug-likeness (QED) is 0.860. The topological polar surface area (TPSA) is 62.7 Å². The largest absolute Gasteiger partial charge is 0.364 e. The molecule has 0 aliphatic carbocycles. The molecule has 2 aromatic rings. The maximum absolute atomic E-state index is 6.14. The van der Waals surface area contributed by atoms with Gasteiger partial charge in [-0.2, -0.15) is 10.1 Å². The second-order valence-corrected chi connectivity index (χ2v) is 6.80. The van der Waals surface area contributed by atoms with Gasteiger partial charge in [-0.3, -0.25) is 0 Å². The summed E-state index contributed by atoms with van der Waals surface area (Å²) in [6.45, 7) is 6.84. The molecule has 0 bridgehead atoms. The molecule has 0 atom stereocenters. The van der Waals surface area contributed by atoms with Crippen LogP contribution in [0.15, 0.2) is 24.4 Å². The molecule has 0 aliphatic heterocycles. The van der Waals surface area contributed by atoms with E-state index in [4.69, 9.17) is 23.2 Å². The molecule has 0 spiro atoms. The molecule has 0 amide bonds. The fraction of sp³-hybridized carbons (Fsp3) is 0.400. The van der Waals surface area contributed by atoms with Crippen molar-refractivity contribution in [2.24, 2.45) is 0 Å². The highest BCUT2D eigenvalue weighted by atomic mass is 35.5. The first kappa shape index (κ1) is 16.8. The second kappa shape index (κ2) is 7.11. The van der Waals surface area contributed by atoms with Crippen LogP contribution in [-0.4, -0.2) is 27.3 Å². The lowest BCUT2D eigenvalue weighted by Gasteiger charge is -2.20. The molecule has 118 valence electrons. The molecular weight excluding hydrogens is 321 g/mol. The molecule has 22 heavy (non-hydrogen) atoms. The summed E-state index contributed by atoms with van der Waals surface area (Å²) >= 11 is 12.0. The molecule has 0 radical (unpaired) electrons. The summed E-state index contributed by atoms with van der Waals surface area (Å²) < 4.78 is 0. The van der Waals surface area contributed by atoms with E-state index in [9.17, 15) is 0 Å². The van der Waals surface area contributed by atoms with E-state index >= 15 is 0 Å². The molecule has 5 nitrogen and oxygen atoms in total. The predicted octanol–water partition coefficient (Wildman–Crippen LogP) is 4.04. The number of aromatic nitrogens is 3. The third-order valence-electron chi connectivity index (χ3n) is 2.75. The summed E-state index contributed by atoms with van der Waals surface area (Å²) in [4.78, 5) is 4.38. The number of hydrogen-bond donors (Lipinski definition) is 2. The van der Waals surface area contributed by atoms with Gasteiger partial charge in [0.1, 0.15) is 0 Å². The summed E-state index contributed by atoms with van der Waals surface area (Å²) in [5.41, 5.74) is 0.944. The first-order valence-electron chi connectivity index (χ1n) is 6.99. The van der Waals surface area contributed by atoms with Gasteiger partial charge in [-0.15, -0.1) is 5.10 Å². The van der Waals surface area contributed by atoms with E-state index in [0.29, 0.717) is 28.4 Å². The van der Waals surface area contributed by atoms with Crippen molar-refractivity contribution in [1.82, 2.24) is 15.2 Å². The number of rotatable bonds is 5. The van der Waals surface area contributed by atoms with Gasteiger partial charge in [0.25, 0.3) is 0 Å². The van der Waals surface area contributed by atoms with Gasteiger partial charge in [0.05, 0.1) is 6.20 Å². The normalized spacial score (nSPS) is 11.3. The summed E-state index contributed by atoms with van der Waals surface area (Å²) in [7, 11) is 0. The van der Waals surface area contributed by atoms with Crippen molar-refractivity contribution >= 4 is 35.0 Å². The third kappa shape index (κ3) is 5.31. The van der Waals surface area contributed by atoms with Crippen LogP contribution in [0.3, 0.4) is 0 Å². The van der Waals surface area contributed by atoms with Crippen LogP contribution in [0.25, 0.3) is 0 Å². The Bertz CT molecular complexity index is 640. The smallest absolute Gasteiger partial charge is 0.244 e. The summed E-state index contributed by atoms with van der Waals surface area (Å²) in [6, 6.07) is 5.49. The minimum absolute atomic E-state index is 0.0792. The lowest BCUT2D eigenvalue weighted by molar-refractivity contribution is 0.629. The minimum Gasteiger partial charge on any atom is -0.364 e. The number of benzene rings is 1. The fourth-order valence-corrected chi connectivity index (χ4v) is 2.36. The fourth-order valence-electron chi connectivity index (χ4n) is 1.86. The molecule has 1 heterocycles. The van der Waals surface area contributed by atoms with E-state index in [2.05, 4.69) is 46.6 Å². The molecule has 2 N–H and O–H groups in total. The van der Waals surface area contributed by atoms with E-state index < -0.39 is 0 Å². The highest BCUT2D eigenvalue weighted by molar-refractivity contribution is 6.35. The number of halogens is 2. The van der Waals surface area contributed by atoms with Gasteiger partial charge in [-0.05, 0) is 44.9 Å². The maximum atomic E-state index is 6.14. The highest BCUT2D eigenvalue weighted by Crippen LogP contribution is 2.21. The van der Waals surface area contributed by atoms with Gasteiger partial charge < -0.3 is 10.6 Å². The van der Waals surface area contributed by atoms with Crippen molar-refractivity contribution in [3.8, 4) is 0 Å². The monoisotopic (exact) mass is 339 g/mol. The van der Waals surface area contributed by atoms with Crippen LogP contribution in [0.5, 0.6) is 0 Å². The molecule has 7 heteroatoms. The molecule has 1 aromatic heterocycles. The average Bonchev–Trinajstić information content (AvgIpc) is 2.40. The van der Waals surface area contributed by atoms with Gasteiger partial charge in [0.15, 0.2) is 5.82 Å². The van der Waals surface area contributed by atoms with Crippen LogP contribution in [-0.2, 0) is 6.42 Å². The molecule has 0 fully saturated rings. The molecule has 0 aliphatic rings. The third-order valence-corrected chi connectivity index (χ3v) is 3.34. The van der Waals surface area contributed by atoms with Crippen LogP contribution in [0.1, 0.15) is 26.3 Å². The van der Waals surface area contributed by atoms with E-state index in [-0.39, 0.29) is 5.54 Å². The zero-order valence-corrected chi connectivity index (χ0v) is 14.3. The van der Waals surface area contributed by atoms with Gasteiger partial charge in [-0.1, -0.05) is 29.3 Å². The van der Waals surface area contributed by atoms with Crippen molar-refractivity contribution in [2.45, 2.75) is 32.7 Å². The Morgan fingerprint density at radius 3 is 2.64 bits per heavy atom. The van der Waals surface area contributed by atoms with Crippen LogP contribution in [0.4, 0.5) is 11.8 Å². The molecule has 2 rings (SSSR count). The Hall–Kier alpha value is -1.59. The highest BCUT2D eigenvalue weighted by Gasteiger charge is 2.11. The minimum atomic E-state index is -0.0792. The summed E-state index contributed by atoms with van der Waals surface area (Å²) in [5, 5.41) is 15.6. The summed E-state index contributed by atoms with van der Waals surface area (Å²) in [5.74, 6) is 1.17. The Kier molecular flexibility index (Phi) is 5.42. The van der Waals surface area contributed by atoms with Crippen LogP contribution < -0.4 is 10.6 Å². The predicted molar refractivity (Wildman–Crippen MR) is 91.9 cm³/mol. The van der Waals surface area contributed by atoms with Crippen molar-refractivity contribution < 1.29 is 0 Å². The van der Waals surface area contributed by atoms with Crippen molar-refractivity contribution in [3.05, 3.63) is 40.0 Å². The van der Waals surface area contributed by atoms with Crippen molar-refractivity contribution in [1.29, 1.82) is 0 Å². The lowest BCUT2D eigenvalue weighted by Crippen LogP contribution is -2.27. The average molecular weight is 340 g/mol. The van der Waals surface area contributed by atoms with Gasteiger partial charge in [-0.25, -0.2) is 0 Å².